The Morgan fingerprint density at radius 2 is 3.10 bits per heavy atom. The first kappa shape index (κ1) is 5.55. The molecule has 3 heteroatoms. The third-order valence-electron chi connectivity index (χ3n) is 1.35. The van der Waals surface area contributed by atoms with E-state index in [0.717, 1.165) is 0 Å². The van der Waals surface area contributed by atoms with Crippen LogP contribution in [0.15, 0.2) is 0 Å². The predicted octanol–water partition coefficient (Wildman–Crippen LogP) is 0.813. The van der Waals surface area contributed by atoms with Crippen molar-refractivity contribution in [1.82, 2.24) is 0 Å². The highest BCUT2D eigenvalue weighted by molar-refractivity contribution is 7.09. The van der Waals surface area contributed by atoms with Crippen LogP contribution in [-0.4, -0.2) is 20.5 Å². The molecule has 0 heterocycles. The van der Waals surface area contributed by atoms with E-state index in [4.69, 9.17) is 8.60 Å². The van der Waals surface area contributed by atoms with Gasteiger partial charge in [0.05, 0.1) is 7.38 Å². The van der Waals surface area contributed by atoms with Crippen molar-refractivity contribution in [3.63, 3.8) is 0 Å². The molecule has 0 aromatic carbocycles. The maximum Gasteiger partial charge on any atom is 0.210 e. The summed E-state index contributed by atoms with van der Waals surface area (Å²) in [4.78, 5) is 0. The maximum atomic E-state index is 6.92. The van der Waals surface area contributed by atoms with E-state index in [1.807, 2.05) is 13.3 Å². The van der Waals surface area contributed by atoms with Crippen LogP contribution in [0.4, 0.5) is 0 Å². The van der Waals surface area contributed by atoms with Gasteiger partial charge in [0, 0.05) is 28.4 Å². The van der Waals surface area contributed by atoms with E-state index < -0.39 is 0 Å². The highest BCUT2D eigenvalue weighted by atomic mass is 31.0. The van der Waals surface area contributed by atoms with Gasteiger partial charge in [0.2, 0.25) is 1.43 Å². The number of aliphatic hydroxyl groups is 1. The lowest BCUT2D eigenvalue weighted by Crippen LogP contribution is -2.20. The predicted molar refractivity (Wildman–Crippen MR) is 44.3 cm³/mol. The van der Waals surface area contributed by atoms with Crippen molar-refractivity contribution in [2.75, 3.05) is 6.61 Å². The molecule has 0 rings (SSSR count). The molecule has 58 valence electrons. The van der Waals surface area contributed by atoms with Gasteiger partial charge in [-0.05, 0) is 0 Å². The van der Waals surface area contributed by atoms with Crippen molar-refractivity contribution in [3.05, 3.63) is 0 Å². The number of hydrogen-bond acceptors (Lipinski definition) is 2. The topological polar surface area (TPSA) is 29.5 Å². The molecule has 0 amide bonds. The summed E-state index contributed by atoms with van der Waals surface area (Å²) in [5.74, 6) is 2.59. The first-order valence-electron chi connectivity index (χ1n) is 4.47. The molecular weight excluding hydrogens is 147 g/mol. The van der Waals surface area contributed by atoms with Crippen molar-refractivity contribution in [2.24, 2.45) is 5.92 Å². The van der Waals surface area contributed by atoms with E-state index in [2.05, 4.69) is 11.0 Å². The summed E-state index contributed by atoms with van der Waals surface area (Å²) in [7, 11) is -0.349. The third kappa shape index (κ3) is 3.17. The van der Waals surface area contributed by atoms with Gasteiger partial charge in [-0.1, -0.05) is 6.92 Å². The molecule has 3 atom stereocenters. The highest BCUT2D eigenvalue weighted by Crippen LogP contribution is 2.12. The van der Waals surface area contributed by atoms with Crippen LogP contribution in [0.2, 0.25) is 0 Å². The lowest BCUT2D eigenvalue weighted by molar-refractivity contribution is 0.117. The smallest absolute Gasteiger partial charge is 0.210 e. The largest absolute Gasteiger partial charge is 0.396 e. The number of rotatable bonds is 6. The lowest BCUT2D eigenvalue weighted by Gasteiger charge is -2.17. The molecule has 1 N–H and O–H groups in total. The van der Waals surface area contributed by atoms with Gasteiger partial charge < -0.3 is 9.63 Å². The molecule has 0 bridgehead atoms. The molecule has 2 nitrogen and oxygen atoms in total. The van der Waals surface area contributed by atoms with Gasteiger partial charge in [-0.3, -0.25) is 0 Å². The van der Waals surface area contributed by atoms with Crippen LogP contribution in [0.1, 0.15) is 14.7 Å². The van der Waals surface area contributed by atoms with Gasteiger partial charge in [-0.25, -0.2) is 0 Å². The quantitative estimate of drug-likeness (QED) is 0.467. The minimum atomic E-state index is -0.349. The Morgan fingerprint density at radius 1 is 2.20 bits per heavy atom. The summed E-state index contributed by atoms with van der Waals surface area (Å²) in [6.07, 6.45) is 2.24. The van der Waals surface area contributed by atoms with Crippen LogP contribution in [0, 0.1) is 18.2 Å². The molecule has 0 saturated carbocycles. The standard InChI is InChI=1S/C7H13O2P/c1-3-4-7(9-10)6(2)5-8/h1,6-8H,4-5,10H2,2H3/t6-,7?/m0/s1/i1T,8T,10T/t6-,7?,10?. The van der Waals surface area contributed by atoms with Gasteiger partial charge >= 0.3 is 0 Å². The van der Waals surface area contributed by atoms with Gasteiger partial charge in [-0.15, -0.1) is 12.3 Å². The summed E-state index contributed by atoms with van der Waals surface area (Å²) >= 11 is 0. The Labute approximate surface area is 68.4 Å². The second kappa shape index (κ2) is 5.68. The average Bonchev–Trinajstić information content (AvgIpc) is 2.12. The Morgan fingerprint density at radius 3 is 3.70 bits per heavy atom. The Bertz CT molecular complexity index is 180. The molecule has 0 fully saturated rings. The van der Waals surface area contributed by atoms with E-state index in [9.17, 15) is 0 Å². The van der Waals surface area contributed by atoms with Crippen LogP contribution < -0.4 is 0 Å². The number of aliphatic hydroxyl groups excluding tert-OH is 1. The summed E-state index contributed by atoms with van der Waals surface area (Å²) in [6, 6.07) is 0. The second-order valence-electron chi connectivity index (χ2n) is 2.18. The normalized spacial score (nSPS) is 20.3. The van der Waals surface area contributed by atoms with Crippen molar-refractivity contribution >= 4 is 9.41 Å². The number of terminal acetylenes is 1. The monoisotopic (exact) mass is 166 g/mol. The Hall–Kier alpha value is -0.0900. The molecular formula is C7H13O2P. The molecule has 0 aliphatic rings. The average molecular weight is 166 g/mol. The Balaban J connectivity index is 3.94. The molecule has 0 aliphatic carbocycles. The zero-order valence-electron chi connectivity index (χ0n) is 8.89. The zero-order valence-corrected chi connectivity index (χ0v) is 6.89. The van der Waals surface area contributed by atoms with E-state index in [0.29, 0.717) is 6.42 Å². The summed E-state index contributed by atoms with van der Waals surface area (Å²) in [6.45, 7) is 2.12. The molecule has 0 aromatic heterocycles. The summed E-state index contributed by atoms with van der Waals surface area (Å²) in [5, 5.41) is 4.23. The van der Waals surface area contributed by atoms with Crippen molar-refractivity contribution in [2.45, 2.75) is 19.4 Å². The van der Waals surface area contributed by atoms with E-state index in [1.165, 1.54) is 0 Å². The minimum absolute atomic E-state index is 0.0243. The van der Waals surface area contributed by atoms with E-state index >= 15 is 0 Å². The van der Waals surface area contributed by atoms with Crippen molar-refractivity contribution in [3.8, 4) is 12.3 Å². The Kier molecular flexibility index (Phi) is 3.15. The van der Waals surface area contributed by atoms with E-state index in [-0.39, 0.29) is 28.0 Å². The molecule has 10 heavy (non-hydrogen) atoms. The fourth-order valence-electron chi connectivity index (χ4n) is 0.567. The molecule has 0 saturated heterocycles. The molecule has 0 aliphatic heterocycles. The first-order chi connectivity index (χ1) is 6.26. The highest BCUT2D eigenvalue weighted by Gasteiger charge is 2.13. The number of hydrogen-bond donors (Lipinski definition) is 1. The van der Waals surface area contributed by atoms with Crippen molar-refractivity contribution in [1.29, 1.82) is 2.71 Å². The third-order valence-corrected chi connectivity index (χ3v) is 1.65. The van der Waals surface area contributed by atoms with Crippen LogP contribution in [0.3, 0.4) is 0 Å². The molecule has 0 spiro atoms. The fraction of sp³-hybridized carbons (Fsp3) is 0.714. The first-order valence-corrected chi connectivity index (χ1v) is 3.47. The van der Waals surface area contributed by atoms with Gasteiger partial charge in [0.1, 0.15) is 1.37 Å². The molecule has 0 aromatic rings. The molecule has 2 unspecified atom stereocenters. The minimum Gasteiger partial charge on any atom is -0.396 e. The van der Waals surface area contributed by atoms with Crippen LogP contribution >= 0.6 is 9.41 Å². The van der Waals surface area contributed by atoms with Crippen LogP contribution in [0.5, 0.6) is 0 Å². The van der Waals surface area contributed by atoms with Gasteiger partial charge in [-0.2, -0.15) is 0 Å². The summed E-state index contributed by atoms with van der Waals surface area (Å²) < 4.78 is 25.2. The van der Waals surface area contributed by atoms with Crippen LogP contribution in [-0.2, 0) is 4.52 Å². The van der Waals surface area contributed by atoms with Crippen molar-refractivity contribution < 1.29 is 11.0 Å². The van der Waals surface area contributed by atoms with Gasteiger partial charge in [0.25, 0.3) is 0 Å². The van der Waals surface area contributed by atoms with Crippen LogP contribution in [0.25, 0.3) is 0 Å². The summed E-state index contributed by atoms with van der Waals surface area (Å²) in [5.41, 5.74) is 0. The SMILES string of the molecule is [3H]C#CCC(OP[3H])[C@@H](C)CO[3H]. The van der Waals surface area contributed by atoms with Gasteiger partial charge in [0.15, 0.2) is 0 Å². The zero-order chi connectivity index (χ0) is 10.1. The molecule has 0 radical (unpaired) electrons. The van der Waals surface area contributed by atoms with E-state index in [1.54, 1.807) is 0 Å². The second-order valence-corrected chi connectivity index (χ2v) is 2.42. The lowest BCUT2D eigenvalue weighted by atomic mass is 10.0. The maximum absolute atomic E-state index is 6.92. The fourth-order valence-corrected chi connectivity index (χ4v) is 0.883.